The molecule has 7 nitrogen and oxygen atoms in total. The number of hydrogen-bond donors (Lipinski definition) is 2. The Balaban J connectivity index is 0.000000122. The van der Waals surface area contributed by atoms with Gasteiger partial charge in [-0.3, -0.25) is 0 Å². The molecule has 0 spiro atoms. The van der Waals surface area contributed by atoms with Crippen LogP contribution in [0.5, 0.6) is 5.75 Å². The quantitative estimate of drug-likeness (QED) is 0.205. The van der Waals surface area contributed by atoms with Crippen molar-refractivity contribution in [3.63, 3.8) is 0 Å². The van der Waals surface area contributed by atoms with Crippen molar-refractivity contribution in [2.75, 3.05) is 0 Å². The number of carboxylic acid groups (broad SMARTS) is 3. The van der Waals surface area contributed by atoms with Gasteiger partial charge < -0.3 is 30.0 Å². The summed E-state index contributed by atoms with van der Waals surface area (Å²) in [7, 11) is 0. The monoisotopic (exact) mass is 752 g/mol. The highest BCUT2D eigenvalue weighted by atomic mass is 19.4. The molecule has 0 aliphatic heterocycles. The van der Waals surface area contributed by atoms with Crippen molar-refractivity contribution < 1.29 is 48.0 Å². The lowest BCUT2D eigenvalue weighted by Crippen LogP contribution is -2.53. The number of carboxylic acids is 3. The Morgan fingerprint density at radius 3 is 1.41 bits per heavy atom. The summed E-state index contributed by atoms with van der Waals surface area (Å²) in [6, 6.07) is 41.8. The lowest BCUT2D eigenvalue weighted by atomic mass is 9.53. The Morgan fingerprint density at radius 1 is 0.607 bits per heavy atom. The molecule has 0 amide bonds. The lowest BCUT2D eigenvalue weighted by molar-refractivity contribution is -0.313. The van der Waals surface area contributed by atoms with Crippen LogP contribution in [0.4, 0.5) is 13.2 Å². The Labute approximate surface area is 319 Å². The molecule has 6 aliphatic carbocycles. The van der Waals surface area contributed by atoms with Gasteiger partial charge in [-0.25, -0.2) is 4.79 Å². The molecule has 12 rings (SSSR count). The van der Waals surface area contributed by atoms with Crippen molar-refractivity contribution in [1.82, 2.24) is 0 Å². The van der Waals surface area contributed by atoms with Gasteiger partial charge in [0.1, 0.15) is 11.3 Å². The second kappa shape index (κ2) is 13.6. The van der Waals surface area contributed by atoms with Gasteiger partial charge in [0.15, 0.2) is 0 Å². The fourth-order valence-electron chi connectivity index (χ4n) is 9.29. The predicted molar refractivity (Wildman–Crippen MR) is 195 cm³/mol. The van der Waals surface area contributed by atoms with E-state index in [4.69, 9.17) is 10.2 Å². The normalized spacial score (nSPS) is 21.3. The maximum atomic E-state index is 12.5. The number of phenols is 1. The smallest absolute Gasteiger partial charge is 0.416 e. The van der Waals surface area contributed by atoms with Crippen LogP contribution in [-0.2, 0) is 21.2 Å². The molecule has 280 valence electrons. The van der Waals surface area contributed by atoms with E-state index in [-0.39, 0.29) is 17.8 Å². The lowest BCUT2D eigenvalue weighted by Gasteiger charge is -2.51. The highest BCUT2D eigenvalue weighted by Crippen LogP contribution is 2.59. The molecule has 56 heavy (non-hydrogen) atoms. The fraction of sp³-hybridized carbons (Fsp3) is 0.152. The minimum absolute atomic E-state index is 0.0394. The van der Waals surface area contributed by atoms with E-state index in [9.17, 15) is 37.8 Å². The highest BCUT2D eigenvalue weighted by molar-refractivity contribution is 5.95. The summed E-state index contributed by atoms with van der Waals surface area (Å²) in [5.41, 5.74) is 7.64. The van der Waals surface area contributed by atoms with E-state index in [0.29, 0.717) is 24.6 Å². The van der Waals surface area contributed by atoms with E-state index in [1.54, 1.807) is 0 Å². The molecule has 2 N–H and O–H groups in total. The van der Waals surface area contributed by atoms with Gasteiger partial charge in [-0.2, -0.15) is 13.2 Å². The van der Waals surface area contributed by atoms with Crippen LogP contribution < -0.4 is 10.2 Å². The fourth-order valence-corrected chi connectivity index (χ4v) is 9.29. The van der Waals surface area contributed by atoms with Crippen LogP contribution in [-0.4, -0.2) is 28.1 Å². The number of halogens is 3. The minimum atomic E-state index is -4.61. The Kier molecular flexibility index (Phi) is 8.79. The molecular weight excluding hydrogens is 721 g/mol. The van der Waals surface area contributed by atoms with Crippen molar-refractivity contribution in [2.24, 2.45) is 5.92 Å². The molecule has 0 aromatic heterocycles. The molecule has 0 fully saturated rings. The first-order valence-electron chi connectivity index (χ1n) is 17.9. The van der Waals surface area contributed by atoms with Crippen molar-refractivity contribution in [1.29, 1.82) is 0 Å². The number of benzene rings is 6. The summed E-state index contributed by atoms with van der Waals surface area (Å²) < 4.78 is 36.3. The van der Waals surface area contributed by atoms with E-state index in [1.165, 1.54) is 22.3 Å². The summed E-state index contributed by atoms with van der Waals surface area (Å²) in [6.45, 7) is 0. The largest absolute Gasteiger partial charge is 0.550 e. The number of aromatic hydroxyl groups is 1. The van der Waals surface area contributed by atoms with Crippen molar-refractivity contribution in [3.05, 3.63) is 206 Å². The van der Waals surface area contributed by atoms with Crippen LogP contribution in [0.3, 0.4) is 0 Å². The molecule has 1 unspecified atom stereocenters. The average Bonchev–Trinajstić information content (AvgIpc) is 3.20. The summed E-state index contributed by atoms with van der Waals surface area (Å²) in [5, 5.41) is 41.3. The van der Waals surface area contributed by atoms with E-state index >= 15 is 0 Å². The van der Waals surface area contributed by atoms with Gasteiger partial charge >= 0.3 is 12.1 Å². The zero-order valence-electron chi connectivity index (χ0n) is 29.4. The summed E-state index contributed by atoms with van der Waals surface area (Å²) in [5.74, 6) is -4.39. The first kappa shape index (κ1) is 36.3. The number of rotatable bonds is 3. The highest BCUT2D eigenvalue weighted by Gasteiger charge is 2.52. The Hall–Kier alpha value is -6.68. The van der Waals surface area contributed by atoms with E-state index in [2.05, 4.69) is 24.3 Å². The maximum Gasteiger partial charge on any atom is 0.416 e. The molecule has 1 atom stereocenters. The average molecular weight is 753 g/mol. The summed E-state index contributed by atoms with van der Waals surface area (Å²) in [4.78, 5) is 34.3. The molecular formula is C46H31F3O7-2. The molecule has 0 saturated heterocycles. The van der Waals surface area contributed by atoms with Crippen LogP contribution in [0.2, 0.25) is 0 Å². The molecule has 0 saturated carbocycles. The molecule has 6 aromatic carbocycles. The number of hydrogen-bond acceptors (Lipinski definition) is 6. The maximum absolute atomic E-state index is 12.5. The van der Waals surface area contributed by atoms with E-state index in [1.807, 2.05) is 97.1 Å². The third-order valence-electron chi connectivity index (χ3n) is 11.5. The van der Waals surface area contributed by atoms with Gasteiger partial charge in [-0.15, -0.1) is 0 Å². The van der Waals surface area contributed by atoms with Gasteiger partial charge in [0.2, 0.25) is 0 Å². The molecule has 6 aromatic rings. The summed E-state index contributed by atoms with van der Waals surface area (Å²) >= 11 is 0. The van der Waals surface area contributed by atoms with Gasteiger partial charge in [0.05, 0.1) is 16.9 Å². The van der Waals surface area contributed by atoms with Gasteiger partial charge in [-0.1, -0.05) is 121 Å². The second-order valence-electron chi connectivity index (χ2n) is 14.2. The SMILES string of the molecule is O=C(O)c1cc(C(F)(F)F)ccc1O.O=C([O-])C12c3ccccc3C(c3ccccc31)c1ccccc12.O=C([O-])C1CC2c3ccccc3C1c1ccccc12. The topological polar surface area (TPSA) is 138 Å². The zero-order chi connectivity index (χ0) is 39.5. The number of fused-ring (bicyclic) bond motifs is 1. The minimum Gasteiger partial charge on any atom is -0.550 e. The zero-order valence-corrected chi connectivity index (χ0v) is 29.4. The molecule has 6 aliphatic rings. The second-order valence-corrected chi connectivity index (χ2v) is 14.2. The van der Waals surface area contributed by atoms with E-state index < -0.39 is 52.3 Å². The molecule has 4 bridgehead atoms. The first-order valence-corrected chi connectivity index (χ1v) is 17.9. The number of alkyl halides is 3. The van der Waals surface area contributed by atoms with Gasteiger partial charge in [-0.05, 0) is 80.3 Å². The molecule has 0 radical (unpaired) electrons. The van der Waals surface area contributed by atoms with Crippen molar-refractivity contribution >= 4 is 17.9 Å². The first-order chi connectivity index (χ1) is 26.9. The van der Waals surface area contributed by atoms with E-state index in [0.717, 1.165) is 33.4 Å². The third kappa shape index (κ3) is 5.54. The number of aliphatic carboxylic acids is 2. The van der Waals surface area contributed by atoms with Gasteiger partial charge in [0, 0.05) is 29.6 Å². The van der Waals surface area contributed by atoms with Crippen LogP contribution in [0.1, 0.15) is 95.7 Å². The molecule has 10 heteroatoms. The van der Waals surface area contributed by atoms with Crippen LogP contribution in [0.25, 0.3) is 0 Å². The number of aromatic carboxylic acids is 1. The summed E-state index contributed by atoms with van der Waals surface area (Å²) in [6.07, 6.45) is -3.95. The molecule has 0 heterocycles. The van der Waals surface area contributed by atoms with Crippen LogP contribution >= 0.6 is 0 Å². The van der Waals surface area contributed by atoms with Crippen molar-refractivity contribution in [2.45, 2.75) is 35.8 Å². The number of carbonyl (C=O) groups is 3. The Morgan fingerprint density at radius 2 is 1.02 bits per heavy atom. The number of carbonyl (C=O) groups excluding carboxylic acids is 2. The van der Waals surface area contributed by atoms with Gasteiger partial charge in [0.25, 0.3) is 0 Å². The van der Waals surface area contributed by atoms with Crippen molar-refractivity contribution in [3.8, 4) is 5.75 Å². The Bertz CT molecular complexity index is 2400. The third-order valence-corrected chi connectivity index (χ3v) is 11.5. The predicted octanol–water partition coefficient (Wildman–Crippen LogP) is 6.72. The standard InChI is InChI=1S/C21H14O2.C17H14O2.C8H5F3O3/c22-20(23)21-16-10-4-1-7-13(16)19(14-8-2-5-11-17(14)21)15-9-3-6-12-18(15)21;18-17(19)15-9-14-10-5-1-3-7-12(10)16(15)13-8-4-2-6-11(13)14;9-8(10,11)4-1-2-6(12)5(3-4)7(13)14/h1-12,19H,(H,22,23);1-8,14-16H,9H2,(H,18,19);1-3,12H,(H,13,14)/p-2. The van der Waals surface area contributed by atoms with Crippen LogP contribution in [0.15, 0.2) is 140 Å². The van der Waals surface area contributed by atoms with Crippen LogP contribution in [0, 0.1) is 5.92 Å².